The SMILES string of the molecule is COc1cc(/C=C/C(=O)N2CCC(Cc3ccccc3)CC2)ccc1OCCCCN1CCN(c2ccccn2)CC1. The van der Waals surface area contributed by atoms with Crippen LogP contribution in [0.15, 0.2) is 79.0 Å². The Bertz CT molecular complexity index is 1270. The number of methoxy groups -OCH3 is 1. The van der Waals surface area contributed by atoms with Gasteiger partial charge < -0.3 is 19.3 Å². The first kappa shape index (κ1) is 29.6. The number of nitrogens with zero attached hydrogens (tertiary/aromatic N) is 4. The van der Waals surface area contributed by atoms with Crippen molar-refractivity contribution >= 4 is 17.8 Å². The van der Waals surface area contributed by atoms with E-state index in [2.05, 4.69) is 51.2 Å². The van der Waals surface area contributed by atoms with Gasteiger partial charge in [-0.2, -0.15) is 0 Å². The molecular formula is C35H44N4O3. The van der Waals surface area contributed by atoms with E-state index in [0.717, 1.165) is 95.0 Å². The predicted octanol–water partition coefficient (Wildman–Crippen LogP) is 5.57. The van der Waals surface area contributed by atoms with Gasteiger partial charge in [-0.15, -0.1) is 0 Å². The summed E-state index contributed by atoms with van der Waals surface area (Å²) in [5.41, 5.74) is 2.31. The highest BCUT2D eigenvalue weighted by Gasteiger charge is 2.22. The van der Waals surface area contributed by atoms with E-state index in [9.17, 15) is 4.79 Å². The summed E-state index contributed by atoms with van der Waals surface area (Å²) in [6, 6.07) is 22.6. The topological polar surface area (TPSA) is 58.1 Å². The van der Waals surface area contributed by atoms with E-state index >= 15 is 0 Å². The normalized spacial score (nSPS) is 16.6. The molecule has 2 aliphatic rings. The van der Waals surface area contributed by atoms with Gasteiger partial charge in [-0.25, -0.2) is 4.98 Å². The predicted molar refractivity (Wildman–Crippen MR) is 169 cm³/mol. The molecule has 0 bridgehead atoms. The van der Waals surface area contributed by atoms with Crippen molar-refractivity contribution in [3.63, 3.8) is 0 Å². The number of carbonyl (C=O) groups excluding carboxylic acids is 1. The van der Waals surface area contributed by atoms with Crippen LogP contribution in [0.5, 0.6) is 11.5 Å². The number of unbranched alkanes of at least 4 members (excludes halogenated alkanes) is 1. The van der Waals surface area contributed by atoms with Gasteiger partial charge in [0, 0.05) is 51.5 Å². The summed E-state index contributed by atoms with van der Waals surface area (Å²) in [6.07, 6.45) is 10.7. The summed E-state index contributed by atoms with van der Waals surface area (Å²) in [5.74, 6) is 3.22. The second-order valence-electron chi connectivity index (χ2n) is 11.3. The second kappa shape index (κ2) is 15.4. The fraction of sp³-hybridized carbons (Fsp3) is 0.429. The molecule has 0 aliphatic carbocycles. The number of benzene rings is 2. The van der Waals surface area contributed by atoms with Crippen LogP contribution < -0.4 is 14.4 Å². The highest BCUT2D eigenvalue weighted by atomic mass is 16.5. The van der Waals surface area contributed by atoms with Crippen LogP contribution in [0.1, 0.15) is 36.8 Å². The van der Waals surface area contributed by atoms with E-state index in [-0.39, 0.29) is 5.91 Å². The van der Waals surface area contributed by atoms with Crippen molar-refractivity contribution in [3.8, 4) is 11.5 Å². The van der Waals surface area contributed by atoms with Crippen LogP contribution in [0, 0.1) is 5.92 Å². The minimum atomic E-state index is 0.0746. The maximum atomic E-state index is 12.8. The molecule has 2 aromatic carbocycles. The Morgan fingerprint density at radius 2 is 1.69 bits per heavy atom. The van der Waals surface area contributed by atoms with Crippen LogP contribution in [0.4, 0.5) is 5.82 Å². The minimum Gasteiger partial charge on any atom is -0.493 e. The number of piperazine rings is 1. The number of aromatic nitrogens is 1. The monoisotopic (exact) mass is 568 g/mol. The molecule has 7 heteroatoms. The highest BCUT2D eigenvalue weighted by molar-refractivity contribution is 5.92. The molecule has 5 rings (SSSR count). The summed E-state index contributed by atoms with van der Waals surface area (Å²) in [5, 5.41) is 0. The minimum absolute atomic E-state index is 0.0746. The molecule has 0 N–H and O–H groups in total. The molecule has 2 aliphatic heterocycles. The molecule has 1 aromatic heterocycles. The van der Waals surface area contributed by atoms with Gasteiger partial charge in [0.1, 0.15) is 5.82 Å². The third-order valence-corrected chi connectivity index (χ3v) is 8.37. The number of anilines is 1. The maximum Gasteiger partial charge on any atom is 0.246 e. The third-order valence-electron chi connectivity index (χ3n) is 8.37. The lowest BCUT2D eigenvalue weighted by atomic mass is 9.90. The van der Waals surface area contributed by atoms with E-state index in [0.29, 0.717) is 18.3 Å². The number of rotatable bonds is 12. The number of carbonyl (C=O) groups is 1. The molecule has 0 unspecified atom stereocenters. The van der Waals surface area contributed by atoms with Crippen molar-refractivity contribution in [2.45, 2.75) is 32.1 Å². The number of pyridine rings is 1. The van der Waals surface area contributed by atoms with Gasteiger partial charge in [0.15, 0.2) is 11.5 Å². The van der Waals surface area contributed by atoms with Crippen molar-refractivity contribution in [2.75, 3.05) is 64.4 Å². The van der Waals surface area contributed by atoms with Crippen molar-refractivity contribution in [1.29, 1.82) is 0 Å². The first-order chi connectivity index (χ1) is 20.7. The molecule has 0 spiro atoms. The molecule has 0 saturated carbocycles. The van der Waals surface area contributed by atoms with Gasteiger partial charge in [0.2, 0.25) is 5.91 Å². The van der Waals surface area contributed by atoms with E-state index in [1.807, 2.05) is 47.5 Å². The van der Waals surface area contributed by atoms with Crippen LogP contribution in [0.3, 0.4) is 0 Å². The zero-order chi connectivity index (χ0) is 29.0. The summed E-state index contributed by atoms with van der Waals surface area (Å²) in [4.78, 5) is 24.1. The Balaban J connectivity index is 0.998. The summed E-state index contributed by atoms with van der Waals surface area (Å²) in [6.45, 7) is 7.53. The lowest BCUT2D eigenvalue weighted by Crippen LogP contribution is -2.46. The van der Waals surface area contributed by atoms with Crippen molar-refractivity contribution in [1.82, 2.24) is 14.8 Å². The van der Waals surface area contributed by atoms with E-state index in [4.69, 9.17) is 9.47 Å². The zero-order valence-electron chi connectivity index (χ0n) is 24.9. The standard InChI is InChI=1S/C35H44N4O3/c1-41-33-28-30(13-15-35(40)39-20-16-31(17-21-39)27-29-9-3-2-4-10-29)12-14-32(33)42-26-8-7-19-37-22-24-38(25-23-37)34-11-5-6-18-36-34/h2-6,9-15,18,28,31H,7-8,16-17,19-27H2,1H3/b15-13+. The third kappa shape index (κ3) is 8.58. The summed E-state index contributed by atoms with van der Waals surface area (Å²) >= 11 is 0. The molecule has 0 radical (unpaired) electrons. The molecule has 1 amide bonds. The number of hydrogen-bond donors (Lipinski definition) is 0. The molecule has 3 heterocycles. The molecule has 2 saturated heterocycles. The van der Waals surface area contributed by atoms with Crippen molar-refractivity contribution in [2.24, 2.45) is 5.92 Å². The van der Waals surface area contributed by atoms with Gasteiger partial charge >= 0.3 is 0 Å². The van der Waals surface area contributed by atoms with Crippen LogP contribution >= 0.6 is 0 Å². The number of piperidine rings is 1. The highest BCUT2D eigenvalue weighted by Crippen LogP contribution is 2.29. The van der Waals surface area contributed by atoms with Crippen LogP contribution in [0.25, 0.3) is 6.08 Å². The average Bonchev–Trinajstić information content (AvgIpc) is 3.05. The molecular weight excluding hydrogens is 524 g/mol. The number of hydrogen-bond acceptors (Lipinski definition) is 6. The first-order valence-corrected chi connectivity index (χ1v) is 15.4. The van der Waals surface area contributed by atoms with E-state index < -0.39 is 0 Å². The van der Waals surface area contributed by atoms with Gasteiger partial charge in [0.05, 0.1) is 13.7 Å². The smallest absolute Gasteiger partial charge is 0.246 e. The van der Waals surface area contributed by atoms with Crippen LogP contribution in [-0.2, 0) is 11.2 Å². The maximum absolute atomic E-state index is 12.8. The lowest BCUT2D eigenvalue weighted by molar-refractivity contribution is -0.127. The average molecular weight is 569 g/mol. The first-order valence-electron chi connectivity index (χ1n) is 15.4. The Morgan fingerprint density at radius 1 is 0.905 bits per heavy atom. The van der Waals surface area contributed by atoms with Gasteiger partial charge in [-0.1, -0.05) is 42.5 Å². The largest absolute Gasteiger partial charge is 0.493 e. The Morgan fingerprint density at radius 3 is 2.43 bits per heavy atom. The van der Waals surface area contributed by atoms with Gasteiger partial charge in [0.25, 0.3) is 0 Å². The number of amides is 1. The molecule has 3 aromatic rings. The van der Waals surface area contributed by atoms with E-state index in [1.165, 1.54) is 5.56 Å². The van der Waals surface area contributed by atoms with Crippen LogP contribution in [-0.4, -0.2) is 80.2 Å². The quantitative estimate of drug-likeness (QED) is 0.211. The Labute approximate surface area is 250 Å². The van der Waals surface area contributed by atoms with Crippen LogP contribution in [0.2, 0.25) is 0 Å². The molecule has 7 nitrogen and oxygen atoms in total. The lowest BCUT2D eigenvalue weighted by Gasteiger charge is -2.35. The van der Waals surface area contributed by atoms with Gasteiger partial charge in [-0.05, 0) is 86.0 Å². The summed E-state index contributed by atoms with van der Waals surface area (Å²) < 4.78 is 11.7. The summed E-state index contributed by atoms with van der Waals surface area (Å²) in [7, 11) is 1.66. The molecule has 222 valence electrons. The van der Waals surface area contributed by atoms with E-state index in [1.54, 1.807) is 13.2 Å². The van der Waals surface area contributed by atoms with Gasteiger partial charge in [-0.3, -0.25) is 9.69 Å². The fourth-order valence-electron chi connectivity index (χ4n) is 5.85. The molecule has 42 heavy (non-hydrogen) atoms. The number of ether oxygens (including phenoxy) is 2. The molecule has 2 fully saturated rings. The Kier molecular flexibility index (Phi) is 10.9. The zero-order valence-corrected chi connectivity index (χ0v) is 24.9. The fourth-order valence-corrected chi connectivity index (χ4v) is 5.85. The Hall–Kier alpha value is -3.84. The molecule has 0 atom stereocenters. The second-order valence-corrected chi connectivity index (χ2v) is 11.3. The van der Waals surface area contributed by atoms with Crippen molar-refractivity contribution in [3.05, 3.63) is 90.1 Å². The van der Waals surface area contributed by atoms with Crippen molar-refractivity contribution < 1.29 is 14.3 Å². The number of likely N-dealkylation sites (tertiary alicyclic amines) is 1.